The molecule has 4 heteroatoms. The van der Waals surface area contributed by atoms with Crippen LogP contribution in [0.2, 0.25) is 0 Å². The standard InChI is InChI=1S/C17H11N3O/c21-17-13-6-2-4-8-15(13)19-16(20-17)12-9-11-5-1-3-7-14(11)18-10-12/h1-10H,(H,19,20,21). The molecule has 0 aliphatic heterocycles. The van der Waals surface area contributed by atoms with Crippen molar-refractivity contribution in [2.75, 3.05) is 0 Å². The van der Waals surface area contributed by atoms with Gasteiger partial charge in [0.1, 0.15) is 5.82 Å². The number of nitrogens with zero attached hydrogens (tertiary/aromatic N) is 2. The summed E-state index contributed by atoms with van der Waals surface area (Å²) in [5, 5.41) is 1.61. The fourth-order valence-corrected chi connectivity index (χ4v) is 2.42. The first kappa shape index (κ1) is 11.8. The molecule has 100 valence electrons. The lowest BCUT2D eigenvalue weighted by Crippen LogP contribution is -2.09. The minimum Gasteiger partial charge on any atom is -0.306 e. The molecular weight excluding hydrogens is 262 g/mol. The topological polar surface area (TPSA) is 58.6 Å². The molecule has 0 saturated carbocycles. The first-order valence-corrected chi connectivity index (χ1v) is 6.65. The number of H-pyrrole nitrogens is 1. The van der Waals surface area contributed by atoms with Crippen molar-refractivity contribution < 1.29 is 0 Å². The van der Waals surface area contributed by atoms with Gasteiger partial charge in [-0.2, -0.15) is 0 Å². The number of aromatic nitrogens is 3. The van der Waals surface area contributed by atoms with Crippen LogP contribution in [0.1, 0.15) is 0 Å². The van der Waals surface area contributed by atoms with Crippen molar-refractivity contribution >= 4 is 21.8 Å². The van der Waals surface area contributed by atoms with Gasteiger partial charge in [-0.05, 0) is 24.3 Å². The molecule has 1 N–H and O–H groups in total. The number of aromatic amines is 1. The summed E-state index contributed by atoms with van der Waals surface area (Å²) in [5.41, 5.74) is 2.27. The largest absolute Gasteiger partial charge is 0.306 e. The Morgan fingerprint density at radius 1 is 0.905 bits per heavy atom. The Balaban J connectivity index is 1.97. The smallest absolute Gasteiger partial charge is 0.259 e. The molecule has 4 rings (SSSR count). The van der Waals surface area contributed by atoms with E-state index in [1.54, 1.807) is 12.3 Å². The van der Waals surface area contributed by atoms with Crippen molar-refractivity contribution in [1.82, 2.24) is 15.0 Å². The van der Waals surface area contributed by atoms with Crippen LogP contribution in [0.4, 0.5) is 0 Å². The summed E-state index contributed by atoms with van der Waals surface area (Å²) in [7, 11) is 0. The zero-order chi connectivity index (χ0) is 14.2. The molecule has 0 saturated heterocycles. The quantitative estimate of drug-likeness (QED) is 0.579. The van der Waals surface area contributed by atoms with Gasteiger partial charge in [-0.3, -0.25) is 9.78 Å². The van der Waals surface area contributed by atoms with Gasteiger partial charge in [0.05, 0.1) is 16.4 Å². The summed E-state index contributed by atoms with van der Waals surface area (Å²) in [6.45, 7) is 0. The van der Waals surface area contributed by atoms with Gasteiger partial charge in [0.25, 0.3) is 5.56 Å². The van der Waals surface area contributed by atoms with E-state index in [0.29, 0.717) is 16.7 Å². The number of nitrogens with one attached hydrogen (secondary N) is 1. The highest BCUT2D eigenvalue weighted by atomic mass is 16.1. The van der Waals surface area contributed by atoms with Crippen LogP contribution in [0.5, 0.6) is 0 Å². The molecule has 0 atom stereocenters. The lowest BCUT2D eigenvalue weighted by atomic mass is 10.1. The molecule has 4 aromatic rings. The summed E-state index contributed by atoms with van der Waals surface area (Å²) >= 11 is 0. The van der Waals surface area contributed by atoms with Gasteiger partial charge in [-0.15, -0.1) is 0 Å². The van der Waals surface area contributed by atoms with Gasteiger partial charge in [0.15, 0.2) is 0 Å². The molecule has 0 fully saturated rings. The van der Waals surface area contributed by atoms with Crippen LogP contribution in [0.15, 0.2) is 65.6 Å². The summed E-state index contributed by atoms with van der Waals surface area (Å²) in [4.78, 5) is 23.9. The fraction of sp³-hybridized carbons (Fsp3) is 0. The molecule has 2 aromatic carbocycles. The molecule has 2 aromatic heterocycles. The molecular formula is C17H11N3O. The average molecular weight is 273 g/mol. The van der Waals surface area contributed by atoms with E-state index in [9.17, 15) is 4.79 Å². The summed E-state index contributed by atoms with van der Waals surface area (Å²) in [6.07, 6.45) is 1.73. The molecule has 0 radical (unpaired) electrons. The van der Waals surface area contributed by atoms with Crippen LogP contribution >= 0.6 is 0 Å². The van der Waals surface area contributed by atoms with Gasteiger partial charge in [0, 0.05) is 17.1 Å². The molecule has 0 aliphatic carbocycles. The van der Waals surface area contributed by atoms with Crippen molar-refractivity contribution in [2.24, 2.45) is 0 Å². The van der Waals surface area contributed by atoms with E-state index >= 15 is 0 Å². The highest BCUT2D eigenvalue weighted by molar-refractivity contribution is 5.84. The van der Waals surface area contributed by atoms with E-state index in [0.717, 1.165) is 16.5 Å². The SMILES string of the molecule is O=c1[nH]c(-c2cnc3ccccc3c2)nc2ccccc12. The number of hydrogen-bond donors (Lipinski definition) is 1. The molecule has 0 unspecified atom stereocenters. The number of rotatable bonds is 1. The predicted octanol–water partition coefficient (Wildman–Crippen LogP) is 3.14. The van der Waals surface area contributed by atoms with Crippen LogP contribution in [0.3, 0.4) is 0 Å². The van der Waals surface area contributed by atoms with Crippen LogP contribution in [0.25, 0.3) is 33.2 Å². The van der Waals surface area contributed by atoms with Crippen molar-refractivity contribution in [3.63, 3.8) is 0 Å². The zero-order valence-electron chi connectivity index (χ0n) is 11.1. The van der Waals surface area contributed by atoms with E-state index < -0.39 is 0 Å². The number of para-hydroxylation sites is 2. The van der Waals surface area contributed by atoms with Crippen LogP contribution in [-0.2, 0) is 0 Å². The van der Waals surface area contributed by atoms with Crippen LogP contribution in [-0.4, -0.2) is 15.0 Å². The van der Waals surface area contributed by atoms with E-state index in [2.05, 4.69) is 15.0 Å². The van der Waals surface area contributed by atoms with Crippen molar-refractivity contribution in [2.45, 2.75) is 0 Å². The average Bonchev–Trinajstić information content (AvgIpc) is 2.54. The second kappa shape index (κ2) is 4.52. The lowest BCUT2D eigenvalue weighted by molar-refractivity contribution is 1.17. The first-order valence-electron chi connectivity index (χ1n) is 6.65. The highest BCUT2D eigenvalue weighted by Crippen LogP contribution is 2.20. The van der Waals surface area contributed by atoms with Gasteiger partial charge >= 0.3 is 0 Å². The maximum atomic E-state index is 12.1. The van der Waals surface area contributed by atoms with Gasteiger partial charge in [-0.1, -0.05) is 30.3 Å². The molecule has 4 nitrogen and oxygen atoms in total. The minimum absolute atomic E-state index is 0.135. The molecule has 0 bridgehead atoms. The summed E-state index contributed by atoms with van der Waals surface area (Å²) in [6, 6.07) is 17.1. The fourth-order valence-electron chi connectivity index (χ4n) is 2.42. The van der Waals surface area contributed by atoms with Crippen molar-refractivity contribution in [1.29, 1.82) is 0 Å². The first-order chi connectivity index (χ1) is 10.3. The normalized spacial score (nSPS) is 11.0. The summed E-state index contributed by atoms with van der Waals surface area (Å²) < 4.78 is 0. The summed E-state index contributed by atoms with van der Waals surface area (Å²) in [5.74, 6) is 0.539. The zero-order valence-corrected chi connectivity index (χ0v) is 11.1. The second-order valence-electron chi connectivity index (χ2n) is 4.85. The minimum atomic E-state index is -0.135. The van der Waals surface area contributed by atoms with Crippen LogP contribution < -0.4 is 5.56 Å². The maximum Gasteiger partial charge on any atom is 0.259 e. The van der Waals surface area contributed by atoms with Gasteiger partial charge in [0.2, 0.25) is 0 Å². The highest BCUT2D eigenvalue weighted by Gasteiger charge is 2.06. The van der Waals surface area contributed by atoms with Gasteiger partial charge in [-0.25, -0.2) is 4.98 Å². The van der Waals surface area contributed by atoms with Crippen molar-refractivity contribution in [3.05, 3.63) is 71.1 Å². The molecule has 2 heterocycles. The van der Waals surface area contributed by atoms with E-state index in [1.807, 2.05) is 48.5 Å². The van der Waals surface area contributed by atoms with E-state index in [1.165, 1.54) is 0 Å². The van der Waals surface area contributed by atoms with Gasteiger partial charge < -0.3 is 4.98 Å². The third-order valence-electron chi connectivity index (χ3n) is 3.48. The monoisotopic (exact) mass is 273 g/mol. The predicted molar refractivity (Wildman–Crippen MR) is 83.1 cm³/mol. The molecule has 0 amide bonds. The third-order valence-corrected chi connectivity index (χ3v) is 3.48. The Kier molecular flexibility index (Phi) is 2.54. The Morgan fingerprint density at radius 3 is 2.57 bits per heavy atom. The van der Waals surface area contributed by atoms with E-state index in [-0.39, 0.29) is 5.56 Å². The Hall–Kier alpha value is -3.01. The van der Waals surface area contributed by atoms with Crippen molar-refractivity contribution in [3.8, 4) is 11.4 Å². The number of fused-ring (bicyclic) bond motifs is 2. The van der Waals surface area contributed by atoms with E-state index in [4.69, 9.17) is 0 Å². The number of pyridine rings is 1. The third kappa shape index (κ3) is 1.97. The molecule has 0 aliphatic rings. The Morgan fingerprint density at radius 2 is 1.67 bits per heavy atom. The maximum absolute atomic E-state index is 12.1. The van der Waals surface area contributed by atoms with Crippen LogP contribution in [0, 0.1) is 0 Å². The second-order valence-corrected chi connectivity index (χ2v) is 4.85. The Labute approximate surface area is 120 Å². The lowest BCUT2D eigenvalue weighted by Gasteiger charge is -2.04. The molecule has 21 heavy (non-hydrogen) atoms. The number of benzene rings is 2. The number of hydrogen-bond acceptors (Lipinski definition) is 3. The molecule has 0 spiro atoms. The Bertz CT molecular complexity index is 1020.